The molecule has 0 amide bonds. The maximum Gasteiger partial charge on any atom is 0.340 e. The van der Waals surface area contributed by atoms with E-state index >= 15 is 0 Å². The molecule has 94 valence electrons. The zero-order chi connectivity index (χ0) is 13.0. The fraction of sp³-hybridized carbons (Fsp3) is 0.400. The van der Waals surface area contributed by atoms with Gasteiger partial charge in [0.05, 0.1) is 17.9 Å². The van der Waals surface area contributed by atoms with Crippen LogP contribution in [0.3, 0.4) is 0 Å². The Hall–Kier alpha value is -0.560. The van der Waals surface area contributed by atoms with Crippen molar-refractivity contribution in [3.63, 3.8) is 0 Å². The molecule has 0 atom stereocenters. The Morgan fingerprint density at radius 1 is 1.59 bits per heavy atom. The smallest absolute Gasteiger partial charge is 0.340 e. The van der Waals surface area contributed by atoms with Crippen molar-refractivity contribution >= 4 is 37.8 Å². The van der Waals surface area contributed by atoms with Gasteiger partial charge in [-0.1, -0.05) is 15.9 Å². The molecular formula is C10H9Br2F2NO2. The van der Waals surface area contributed by atoms with E-state index in [9.17, 15) is 13.6 Å². The Labute approximate surface area is 114 Å². The first-order chi connectivity index (χ1) is 8.01. The van der Waals surface area contributed by atoms with Crippen molar-refractivity contribution in [2.24, 2.45) is 0 Å². The van der Waals surface area contributed by atoms with Gasteiger partial charge in [0, 0.05) is 9.80 Å². The van der Waals surface area contributed by atoms with Gasteiger partial charge in [0.15, 0.2) is 0 Å². The average Bonchev–Trinajstić information content (AvgIpc) is 2.28. The van der Waals surface area contributed by atoms with Crippen LogP contribution in [0.1, 0.15) is 35.1 Å². The number of ether oxygens (including phenoxy) is 1. The largest absolute Gasteiger partial charge is 0.462 e. The van der Waals surface area contributed by atoms with Crippen LogP contribution in [0, 0.1) is 0 Å². The van der Waals surface area contributed by atoms with Crippen LogP contribution in [0.15, 0.2) is 10.5 Å². The van der Waals surface area contributed by atoms with Crippen LogP contribution >= 0.6 is 31.9 Å². The minimum absolute atomic E-state index is 0.124. The van der Waals surface area contributed by atoms with E-state index < -0.39 is 18.1 Å². The quantitative estimate of drug-likeness (QED) is 0.595. The molecule has 0 aromatic carbocycles. The molecule has 1 aromatic rings. The number of carbonyl (C=O) groups excluding carboxylic acids is 1. The van der Waals surface area contributed by atoms with Crippen molar-refractivity contribution in [1.82, 2.24) is 4.98 Å². The lowest BCUT2D eigenvalue weighted by atomic mass is 10.2. The average molecular weight is 373 g/mol. The van der Waals surface area contributed by atoms with E-state index in [1.165, 1.54) is 6.07 Å². The molecule has 17 heavy (non-hydrogen) atoms. The fourth-order valence-electron chi connectivity index (χ4n) is 1.18. The molecule has 1 heterocycles. The fourth-order valence-corrected chi connectivity index (χ4v) is 2.44. The number of halogens is 4. The molecule has 1 rings (SSSR count). The van der Waals surface area contributed by atoms with Crippen LogP contribution in [0.2, 0.25) is 0 Å². The highest BCUT2D eigenvalue weighted by atomic mass is 79.9. The summed E-state index contributed by atoms with van der Waals surface area (Å²) in [6.07, 6.45) is -2.82. The predicted octanol–water partition coefficient (Wildman–Crippen LogP) is 3.85. The van der Waals surface area contributed by atoms with Gasteiger partial charge in [0.25, 0.3) is 6.43 Å². The number of carbonyl (C=O) groups is 1. The van der Waals surface area contributed by atoms with Gasteiger partial charge in [-0.3, -0.25) is 0 Å². The number of aromatic nitrogens is 1. The Bertz CT molecular complexity index is 427. The molecule has 0 unspecified atom stereocenters. The van der Waals surface area contributed by atoms with Crippen molar-refractivity contribution in [3.8, 4) is 0 Å². The number of rotatable bonds is 4. The summed E-state index contributed by atoms with van der Waals surface area (Å²) >= 11 is 6.30. The monoisotopic (exact) mass is 371 g/mol. The standard InChI is InChI=1S/C10H9Br2F2NO2/c1-2-17-10(16)5-3-6(12)7(4-11)15-8(5)9(13)14/h3,9H,2,4H2,1H3. The number of hydrogen-bond acceptors (Lipinski definition) is 3. The summed E-state index contributed by atoms with van der Waals surface area (Å²) in [5.74, 6) is -0.794. The first kappa shape index (κ1) is 14.5. The summed E-state index contributed by atoms with van der Waals surface area (Å²) in [5, 5.41) is 0.316. The van der Waals surface area contributed by atoms with E-state index in [2.05, 4.69) is 36.8 Å². The van der Waals surface area contributed by atoms with Gasteiger partial charge in [-0.25, -0.2) is 18.6 Å². The molecule has 0 aliphatic heterocycles. The molecule has 0 fully saturated rings. The summed E-state index contributed by atoms with van der Waals surface area (Å²) in [7, 11) is 0. The number of pyridine rings is 1. The summed E-state index contributed by atoms with van der Waals surface area (Å²) < 4.78 is 30.7. The predicted molar refractivity (Wildman–Crippen MR) is 65.5 cm³/mol. The first-order valence-electron chi connectivity index (χ1n) is 4.71. The lowest BCUT2D eigenvalue weighted by Gasteiger charge is -2.10. The molecule has 0 spiro atoms. The van der Waals surface area contributed by atoms with Crippen LogP contribution in [0.25, 0.3) is 0 Å². The summed E-state index contributed by atoms with van der Waals surface area (Å²) in [6, 6.07) is 1.31. The third-order valence-corrected chi connectivity index (χ3v) is 3.12. The van der Waals surface area contributed by atoms with Gasteiger partial charge in [-0.05, 0) is 28.9 Å². The van der Waals surface area contributed by atoms with Crippen LogP contribution in [0.5, 0.6) is 0 Å². The second-order valence-electron chi connectivity index (χ2n) is 3.00. The van der Waals surface area contributed by atoms with E-state index in [-0.39, 0.29) is 12.2 Å². The maximum atomic E-state index is 12.8. The number of nitrogens with zero attached hydrogens (tertiary/aromatic N) is 1. The van der Waals surface area contributed by atoms with Gasteiger partial charge in [0.1, 0.15) is 5.69 Å². The number of alkyl halides is 3. The Kier molecular flexibility index (Phi) is 5.45. The Balaban J connectivity index is 3.27. The molecule has 0 aliphatic carbocycles. The summed E-state index contributed by atoms with van der Waals surface area (Å²) in [6.45, 7) is 1.73. The normalized spacial score (nSPS) is 10.7. The summed E-state index contributed by atoms with van der Waals surface area (Å²) in [5.41, 5.74) is -0.354. The first-order valence-corrected chi connectivity index (χ1v) is 6.63. The molecule has 0 saturated carbocycles. The van der Waals surface area contributed by atoms with E-state index in [1.54, 1.807) is 6.92 Å². The molecule has 0 saturated heterocycles. The molecule has 7 heteroatoms. The van der Waals surface area contributed by atoms with Crippen molar-refractivity contribution in [2.45, 2.75) is 18.7 Å². The highest BCUT2D eigenvalue weighted by Crippen LogP contribution is 2.27. The van der Waals surface area contributed by atoms with Gasteiger partial charge in [-0.15, -0.1) is 0 Å². The van der Waals surface area contributed by atoms with Crippen molar-refractivity contribution in [3.05, 3.63) is 27.5 Å². The number of hydrogen-bond donors (Lipinski definition) is 0. The topological polar surface area (TPSA) is 39.2 Å². The SMILES string of the molecule is CCOC(=O)c1cc(Br)c(CBr)nc1C(F)F. The number of esters is 1. The third-order valence-electron chi connectivity index (χ3n) is 1.91. The van der Waals surface area contributed by atoms with Crippen LogP contribution in [0.4, 0.5) is 8.78 Å². The highest BCUT2D eigenvalue weighted by Gasteiger charge is 2.23. The minimum Gasteiger partial charge on any atom is -0.462 e. The van der Waals surface area contributed by atoms with E-state index in [1.807, 2.05) is 0 Å². The zero-order valence-corrected chi connectivity index (χ0v) is 12.0. The maximum absolute atomic E-state index is 12.8. The van der Waals surface area contributed by atoms with Crippen LogP contribution in [-0.2, 0) is 10.1 Å². The molecule has 1 aromatic heterocycles. The lowest BCUT2D eigenvalue weighted by Crippen LogP contribution is -2.11. The van der Waals surface area contributed by atoms with Gasteiger partial charge in [-0.2, -0.15) is 0 Å². The molecule has 0 N–H and O–H groups in total. The van der Waals surface area contributed by atoms with Gasteiger partial charge in [0.2, 0.25) is 0 Å². The van der Waals surface area contributed by atoms with Crippen LogP contribution in [-0.4, -0.2) is 17.6 Å². The van der Waals surface area contributed by atoms with E-state index in [0.717, 1.165) is 0 Å². The molecule has 3 nitrogen and oxygen atoms in total. The second kappa shape index (κ2) is 6.39. The highest BCUT2D eigenvalue weighted by molar-refractivity contribution is 9.10. The Morgan fingerprint density at radius 2 is 2.24 bits per heavy atom. The van der Waals surface area contributed by atoms with Crippen molar-refractivity contribution < 1.29 is 18.3 Å². The summed E-state index contributed by atoms with van der Waals surface area (Å²) in [4.78, 5) is 15.2. The van der Waals surface area contributed by atoms with Gasteiger partial charge >= 0.3 is 5.97 Å². The van der Waals surface area contributed by atoms with Crippen LogP contribution < -0.4 is 0 Å². The minimum atomic E-state index is -2.82. The third kappa shape index (κ3) is 3.45. The zero-order valence-electron chi connectivity index (χ0n) is 8.84. The molecular weight excluding hydrogens is 364 g/mol. The molecule has 0 aliphatic rings. The van der Waals surface area contributed by atoms with Gasteiger partial charge < -0.3 is 4.74 Å². The molecule has 0 radical (unpaired) electrons. The van der Waals surface area contributed by atoms with E-state index in [4.69, 9.17) is 4.74 Å². The van der Waals surface area contributed by atoms with E-state index in [0.29, 0.717) is 15.5 Å². The second-order valence-corrected chi connectivity index (χ2v) is 4.42. The lowest BCUT2D eigenvalue weighted by molar-refractivity contribution is 0.0513. The van der Waals surface area contributed by atoms with Crippen molar-refractivity contribution in [1.29, 1.82) is 0 Å². The molecule has 0 bridgehead atoms. The van der Waals surface area contributed by atoms with Crippen molar-refractivity contribution in [2.75, 3.05) is 6.61 Å². The Morgan fingerprint density at radius 3 is 2.71 bits per heavy atom.